The molecule has 40 heavy (non-hydrogen) atoms. The molecular formula is C34H34O5S. The topological polar surface area (TPSA) is 54.0 Å². The third kappa shape index (κ3) is 7.84. The summed E-state index contributed by atoms with van der Waals surface area (Å²) in [4.78, 5) is 1.33. The highest BCUT2D eigenvalue weighted by Crippen LogP contribution is 2.31. The normalized spacial score (nSPS) is 19.6. The molecule has 206 valence electrons. The van der Waals surface area contributed by atoms with Gasteiger partial charge in [0.2, 0.25) is 0 Å². The number of benzene rings is 4. The van der Waals surface area contributed by atoms with E-state index >= 15 is 0 Å². The molecule has 0 saturated carbocycles. The van der Waals surface area contributed by atoms with Crippen molar-refractivity contribution in [1.29, 1.82) is 0 Å². The molecule has 1 aliphatic heterocycles. The molecule has 0 saturated heterocycles. The quantitative estimate of drug-likeness (QED) is 0.194. The van der Waals surface area contributed by atoms with Gasteiger partial charge in [0.1, 0.15) is 12.2 Å². The largest absolute Gasteiger partial charge is 0.374 e. The van der Waals surface area contributed by atoms with Gasteiger partial charge in [-0.15, -0.1) is 0 Å². The molecule has 0 fully saturated rings. The summed E-state index contributed by atoms with van der Waals surface area (Å²) in [6, 6.07) is 37.6. The van der Waals surface area contributed by atoms with Gasteiger partial charge in [0.25, 0.3) is 0 Å². The van der Waals surface area contributed by atoms with Crippen LogP contribution in [0.4, 0.5) is 0 Å². The van der Waals surface area contributed by atoms with E-state index in [0.717, 1.165) is 22.3 Å². The minimum atomic E-state index is -1.48. The molecule has 1 heterocycles. The van der Waals surface area contributed by atoms with Gasteiger partial charge in [-0.3, -0.25) is 0 Å². The Morgan fingerprint density at radius 1 is 0.675 bits per heavy atom. The van der Waals surface area contributed by atoms with Gasteiger partial charge >= 0.3 is 0 Å². The van der Waals surface area contributed by atoms with Gasteiger partial charge in [0.15, 0.2) is 6.29 Å². The first kappa shape index (κ1) is 28.1. The lowest BCUT2D eigenvalue weighted by Gasteiger charge is -2.35. The zero-order chi connectivity index (χ0) is 27.6. The Bertz CT molecular complexity index is 1370. The van der Waals surface area contributed by atoms with Crippen LogP contribution in [-0.2, 0) is 49.6 Å². The molecule has 0 aromatic heterocycles. The van der Waals surface area contributed by atoms with Gasteiger partial charge in [0, 0.05) is 4.90 Å². The van der Waals surface area contributed by atoms with E-state index in [4.69, 9.17) is 18.9 Å². The summed E-state index contributed by atoms with van der Waals surface area (Å²) >= 11 is 0. The van der Waals surface area contributed by atoms with E-state index in [-0.39, 0.29) is 6.61 Å². The Morgan fingerprint density at radius 3 is 1.77 bits per heavy atom. The van der Waals surface area contributed by atoms with E-state index in [0.29, 0.717) is 29.6 Å². The number of ether oxygens (including phenoxy) is 4. The molecule has 5 rings (SSSR count). The molecule has 5 nitrogen and oxygen atoms in total. The standard InChI is InChI=1S/C34H34O5S/c1-26-17-19-30(20-18-26)40(35)32-21-33(37-23-28-13-7-3-8-14-28)39-31(25-36-22-27-11-5-2-6-12-27)34(32)38-24-29-15-9-4-10-16-29/h2-21,31,33-34H,22-25H2,1H3/t31-,33+,34-,40?/m1/s1. The SMILES string of the molecule is Cc1ccc(S(=O)C2=C[C@@H](OCc3ccccc3)O[C@H](COCc3ccccc3)[C@H]2OCc2ccccc2)cc1. The second-order valence-corrected chi connectivity index (χ2v) is 11.2. The van der Waals surface area contributed by atoms with E-state index in [1.54, 1.807) is 0 Å². The van der Waals surface area contributed by atoms with E-state index in [9.17, 15) is 4.21 Å². The van der Waals surface area contributed by atoms with Crippen molar-refractivity contribution in [3.63, 3.8) is 0 Å². The molecular weight excluding hydrogens is 520 g/mol. The van der Waals surface area contributed by atoms with Crippen molar-refractivity contribution in [2.24, 2.45) is 0 Å². The minimum absolute atomic E-state index is 0.252. The van der Waals surface area contributed by atoms with Gasteiger partial charge in [0.05, 0.1) is 42.1 Å². The highest BCUT2D eigenvalue weighted by atomic mass is 32.2. The van der Waals surface area contributed by atoms with Gasteiger partial charge in [-0.1, -0.05) is 109 Å². The third-order valence-electron chi connectivity index (χ3n) is 6.60. The number of hydrogen-bond donors (Lipinski definition) is 0. The fraction of sp³-hybridized carbons (Fsp3) is 0.235. The van der Waals surface area contributed by atoms with Crippen molar-refractivity contribution in [1.82, 2.24) is 0 Å². The van der Waals surface area contributed by atoms with Crippen LogP contribution in [0.5, 0.6) is 0 Å². The second-order valence-electron chi connectivity index (χ2n) is 9.71. The molecule has 4 aromatic rings. The van der Waals surface area contributed by atoms with Crippen molar-refractivity contribution in [3.8, 4) is 0 Å². The first-order chi connectivity index (χ1) is 19.7. The second kappa shape index (κ2) is 14.3. The van der Waals surface area contributed by atoms with Gasteiger partial charge in [-0.25, -0.2) is 4.21 Å². The summed E-state index contributed by atoms with van der Waals surface area (Å²) in [5, 5.41) is 0. The smallest absolute Gasteiger partial charge is 0.179 e. The molecule has 0 amide bonds. The van der Waals surface area contributed by atoms with E-state index in [2.05, 4.69) is 0 Å². The molecule has 0 N–H and O–H groups in total. The summed E-state index contributed by atoms with van der Waals surface area (Å²) < 4.78 is 39.1. The number of rotatable bonds is 12. The monoisotopic (exact) mass is 554 g/mol. The van der Waals surface area contributed by atoms with Crippen LogP contribution in [0.2, 0.25) is 0 Å². The number of hydrogen-bond acceptors (Lipinski definition) is 5. The van der Waals surface area contributed by atoms with Crippen LogP contribution in [0, 0.1) is 6.92 Å². The zero-order valence-corrected chi connectivity index (χ0v) is 23.4. The molecule has 0 aliphatic carbocycles. The highest BCUT2D eigenvalue weighted by Gasteiger charge is 2.37. The summed E-state index contributed by atoms with van der Waals surface area (Å²) in [5.41, 5.74) is 4.22. The lowest BCUT2D eigenvalue weighted by atomic mass is 10.1. The average Bonchev–Trinajstić information content (AvgIpc) is 3.01. The summed E-state index contributed by atoms with van der Waals surface area (Å²) in [5.74, 6) is 0. The number of aryl methyl sites for hydroxylation is 1. The van der Waals surface area contributed by atoms with Crippen LogP contribution in [0.1, 0.15) is 22.3 Å². The third-order valence-corrected chi connectivity index (χ3v) is 8.10. The maximum absolute atomic E-state index is 14.0. The molecule has 4 aromatic carbocycles. The average molecular weight is 555 g/mol. The first-order valence-corrected chi connectivity index (χ1v) is 14.6. The Labute approximate surface area is 238 Å². The first-order valence-electron chi connectivity index (χ1n) is 13.4. The maximum atomic E-state index is 14.0. The van der Waals surface area contributed by atoms with Gasteiger partial charge < -0.3 is 18.9 Å². The Balaban J connectivity index is 1.41. The summed E-state index contributed by atoms with van der Waals surface area (Å²) in [7, 11) is -1.48. The molecule has 1 aliphatic rings. The van der Waals surface area contributed by atoms with Crippen molar-refractivity contribution in [2.75, 3.05) is 6.61 Å². The predicted molar refractivity (Wildman–Crippen MR) is 157 cm³/mol. The zero-order valence-electron chi connectivity index (χ0n) is 22.6. The van der Waals surface area contributed by atoms with Gasteiger partial charge in [-0.2, -0.15) is 0 Å². The van der Waals surface area contributed by atoms with Crippen molar-refractivity contribution >= 4 is 10.8 Å². The lowest BCUT2D eigenvalue weighted by Crippen LogP contribution is -2.44. The van der Waals surface area contributed by atoms with Crippen molar-refractivity contribution in [3.05, 3.63) is 148 Å². The van der Waals surface area contributed by atoms with E-state index < -0.39 is 29.3 Å². The molecule has 0 bridgehead atoms. The fourth-order valence-electron chi connectivity index (χ4n) is 4.44. The molecule has 1 unspecified atom stereocenters. The Morgan fingerprint density at radius 2 is 1.20 bits per heavy atom. The van der Waals surface area contributed by atoms with Crippen LogP contribution in [0.3, 0.4) is 0 Å². The fourth-order valence-corrected chi connectivity index (χ4v) is 5.76. The molecule has 4 atom stereocenters. The maximum Gasteiger partial charge on any atom is 0.179 e. The molecule has 6 heteroatoms. The van der Waals surface area contributed by atoms with Crippen molar-refractivity contribution < 1.29 is 23.2 Å². The van der Waals surface area contributed by atoms with Crippen LogP contribution >= 0.6 is 0 Å². The minimum Gasteiger partial charge on any atom is -0.374 e. The van der Waals surface area contributed by atoms with Crippen LogP contribution in [0.25, 0.3) is 0 Å². The van der Waals surface area contributed by atoms with E-state index in [1.807, 2.05) is 128 Å². The van der Waals surface area contributed by atoms with Crippen molar-refractivity contribution in [2.45, 2.75) is 50.1 Å². The Kier molecular flexibility index (Phi) is 10.1. The summed E-state index contributed by atoms with van der Waals surface area (Å²) in [6.07, 6.45) is -0.00813. The Hall–Kier alpha value is -3.39. The predicted octanol–water partition coefficient (Wildman–Crippen LogP) is 6.73. The summed E-state index contributed by atoms with van der Waals surface area (Å²) in [6.45, 7) is 3.41. The van der Waals surface area contributed by atoms with Crippen LogP contribution in [-0.4, -0.2) is 29.3 Å². The van der Waals surface area contributed by atoms with Gasteiger partial charge in [-0.05, 0) is 41.8 Å². The van der Waals surface area contributed by atoms with E-state index in [1.165, 1.54) is 0 Å². The highest BCUT2D eigenvalue weighted by molar-refractivity contribution is 7.89. The van der Waals surface area contributed by atoms with Crippen LogP contribution in [0.15, 0.2) is 131 Å². The molecule has 0 spiro atoms. The molecule has 0 radical (unpaired) electrons. The van der Waals surface area contributed by atoms with Crippen LogP contribution < -0.4 is 0 Å². The lowest BCUT2D eigenvalue weighted by molar-refractivity contribution is -0.200.